The Morgan fingerprint density at radius 2 is 1.89 bits per heavy atom. The van der Waals surface area contributed by atoms with Crippen LogP contribution in [0.3, 0.4) is 0 Å². The van der Waals surface area contributed by atoms with Crippen LogP contribution in [0.2, 0.25) is 0 Å². The number of rotatable bonds is 5. The first-order valence-electron chi connectivity index (χ1n) is 13.5. The summed E-state index contributed by atoms with van der Waals surface area (Å²) >= 11 is 0. The summed E-state index contributed by atoms with van der Waals surface area (Å²) in [4.78, 5) is 9.96. The number of phenols is 1. The third-order valence-corrected chi connectivity index (χ3v) is 9.62. The summed E-state index contributed by atoms with van der Waals surface area (Å²) in [6, 6.07) is 12.2. The molecule has 6 heteroatoms. The van der Waals surface area contributed by atoms with Crippen LogP contribution in [0.25, 0.3) is 5.65 Å². The summed E-state index contributed by atoms with van der Waals surface area (Å²) in [6.07, 6.45) is 11.4. The second-order valence-corrected chi connectivity index (χ2v) is 11.5. The van der Waals surface area contributed by atoms with Crippen molar-refractivity contribution in [3.63, 3.8) is 0 Å². The Kier molecular flexibility index (Phi) is 5.02. The molecule has 2 aliphatic carbocycles. The number of aromatic hydroxyl groups is 1. The molecule has 184 valence electrons. The van der Waals surface area contributed by atoms with E-state index in [9.17, 15) is 10.2 Å². The van der Waals surface area contributed by atoms with Gasteiger partial charge in [-0.1, -0.05) is 12.1 Å². The molecule has 4 heterocycles. The predicted molar refractivity (Wildman–Crippen MR) is 136 cm³/mol. The third-order valence-electron chi connectivity index (χ3n) is 9.62. The van der Waals surface area contributed by atoms with Gasteiger partial charge in [-0.25, -0.2) is 4.98 Å². The highest BCUT2D eigenvalue weighted by molar-refractivity contribution is 5.48. The minimum atomic E-state index is -0.751. The fourth-order valence-electron chi connectivity index (χ4n) is 7.52. The van der Waals surface area contributed by atoms with Gasteiger partial charge < -0.3 is 19.5 Å². The van der Waals surface area contributed by atoms with Crippen LogP contribution in [-0.2, 0) is 18.3 Å². The number of fused-ring (bicyclic) bond motifs is 2. The van der Waals surface area contributed by atoms with Crippen LogP contribution in [-0.4, -0.2) is 73.8 Å². The van der Waals surface area contributed by atoms with Gasteiger partial charge in [0.05, 0.1) is 11.3 Å². The van der Waals surface area contributed by atoms with E-state index in [1.165, 1.54) is 24.0 Å². The molecule has 2 bridgehead atoms. The molecule has 0 spiro atoms. The zero-order chi connectivity index (χ0) is 23.6. The highest BCUT2D eigenvalue weighted by atomic mass is 16.3. The number of likely N-dealkylation sites (tertiary alicyclic amines) is 2. The Labute approximate surface area is 207 Å². The van der Waals surface area contributed by atoms with E-state index in [1.807, 2.05) is 24.3 Å². The van der Waals surface area contributed by atoms with Crippen molar-refractivity contribution >= 4 is 5.65 Å². The van der Waals surface area contributed by atoms with Gasteiger partial charge in [0, 0.05) is 49.9 Å². The maximum absolute atomic E-state index is 12.6. The highest BCUT2D eigenvalue weighted by Gasteiger charge is 2.63. The second-order valence-electron chi connectivity index (χ2n) is 11.5. The van der Waals surface area contributed by atoms with Crippen molar-refractivity contribution < 1.29 is 10.2 Å². The van der Waals surface area contributed by atoms with Crippen molar-refractivity contribution in [2.45, 2.75) is 62.0 Å². The molecule has 0 unspecified atom stereocenters. The maximum Gasteiger partial charge on any atom is 0.136 e. The van der Waals surface area contributed by atoms with Crippen LogP contribution in [0.1, 0.15) is 48.9 Å². The number of imidazole rings is 1. The van der Waals surface area contributed by atoms with Gasteiger partial charge in [-0.2, -0.15) is 0 Å². The van der Waals surface area contributed by atoms with E-state index in [-0.39, 0.29) is 11.5 Å². The van der Waals surface area contributed by atoms with Crippen molar-refractivity contribution in [1.29, 1.82) is 0 Å². The Hall–Kier alpha value is -2.41. The average Bonchev–Trinajstić information content (AvgIpc) is 3.60. The summed E-state index contributed by atoms with van der Waals surface area (Å²) in [6.45, 7) is 5.03. The van der Waals surface area contributed by atoms with Crippen molar-refractivity contribution in [1.82, 2.24) is 19.2 Å². The molecule has 3 fully saturated rings. The predicted octanol–water partition coefficient (Wildman–Crippen LogP) is 3.39. The normalized spacial score (nSPS) is 31.2. The number of benzene rings is 1. The SMILES string of the molecule is Oc1ccc2c(c1)[C@@]13CCN(CCc4cn5ccccc5n4)CC[C@@]1(O)[C@@H](C2)N(CC1CC1)CC3. The van der Waals surface area contributed by atoms with Gasteiger partial charge in [0.25, 0.3) is 0 Å². The summed E-state index contributed by atoms with van der Waals surface area (Å²) in [7, 11) is 0. The molecule has 35 heavy (non-hydrogen) atoms. The van der Waals surface area contributed by atoms with Crippen LogP contribution >= 0.6 is 0 Å². The Morgan fingerprint density at radius 3 is 2.74 bits per heavy atom. The van der Waals surface area contributed by atoms with Gasteiger partial charge in [-0.15, -0.1) is 0 Å². The molecular formula is C29H36N4O2. The van der Waals surface area contributed by atoms with Crippen LogP contribution < -0.4 is 0 Å². The minimum Gasteiger partial charge on any atom is -0.508 e. The first-order valence-corrected chi connectivity index (χ1v) is 13.5. The van der Waals surface area contributed by atoms with E-state index in [0.717, 1.165) is 82.1 Å². The zero-order valence-electron chi connectivity index (χ0n) is 20.4. The molecule has 2 saturated heterocycles. The number of pyridine rings is 1. The van der Waals surface area contributed by atoms with Crippen LogP contribution in [0.5, 0.6) is 5.75 Å². The number of aliphatic hydroxyl groups is 1. The second kappa shape index (κ2) is 8.05. The summed E-state index contributed by atoms with van der Waals surface area (Å²) in [5.41, 5.74) is 3.64. The lowest BCUT2D eigenvalue weighted by atomic mass is 9.52. The zero-order valence-corrected chi connectivity index (χ0v) is 20.4. The third kappa shape index (κ3) is 3.52. The summed E-state index contributed by atoms with van der Waals surface area (Å²) in [5.74, 6) is 1.15. The molecule has 3 aromatic rings. The van der Waals surface area contributed by atoms with E-state index in [1.54, 1.807) is 0 Å². The molecule has 6 nitrogen and oxygen atoms in total. The first kappa shape index (κ1) is 21.8. The van der Waals surface area contributed by atoms with Crippen molar-refractivity contribution in [2.75, 3.05) is 32.7 Å². The molecule has 0 radical (unpaired) electrons. The van der Waals surface area contributed by atoms with E-state index < -0.39 is 5.60 Å². The lowest BCUT2D eigenvalue weighted by Gasteiger charge is -2.61. The quantitative estimate of drug-likeness (QED) is 0.596. The van der Waals surface area contributed by atoms with Gasteiger partial charge in [0.1, 0.15) is 11.4 Å². The standard InChI is InChI=1S/C29H36N4O2/c34-24-7-6-22-17-26-29(35)11-15-31(13-8-23-20-33-12-2-1-3-27(33)30-23)14-9-28(29,25(22)18-24)10-16-32(26)19-21-4-5-21/h1-3,6-7,12,18,20-21,26,34-35H,4-5,8-11,13-17,19H2/t26-,28+,29-/m1/s1. The molecule has 3 atom stereocenters. The Balaban J connectivity index is 1.17. The van der Waals surface area contributed by atoms with E-state index in [2.05, 4.69) is 38.7 Å². The molecular weight excluding hydrogens is 436 g/mol. The monoisotopic (exact) mass is 472 g/mol. The molecule has 2 N–H and O–H groups in total. The molecule has 2 aromatic heterocycles. The largest absolute Gasteiger partial charge is 0.508 e. The summed E-state index contributed by atoms with van der Waals surface area (Å²) in [5, 5.41) is 23.0. The number of phenolic OH excluding ortho intramolecular Hbond substituents is 1. The number of hydrogen-bond donors (Lipinski definition) is 2. The van der Waals surface area contributed by atoms with Crippen LogP contribution in [0, 0.1) is 5.92 Å². The van der Waals surface area contributed by atoms with Gasteiger partial charge in [-0.05, 0) is 92.9 Å². The van der Waals surface area contributed by atoms with Crippen molar-refractivity contribution in [3.8, 4) is 5.75 Å². The Bertz CT molecular complexity index is 1220. The number of piperidine rings is 1. The Morgan fingerprint density at radius 1 is 1.03 bits per heavy atom. The average molecular weight is 473 g/mol. The van der Waals surface area contributed by atoms with Gasteiger partial charge in [0.2, 0.25) is 0 Å². The first-order chi connectivity index (χ1) is 17.0. The van der Waals surface area contributed by atoms with E-state index in [4.69, 9.17) is 4.98 Å². The maximum atomic E-state index is 12.6. The number of nitrogens with zero attached hydrogens (tertiary/aromatic N) is 4. The van der Waals surface area contributed by atoms with Crippen LogP contribution in [0.15, 0.2) is 48.8 Å². The van der Waals surface area contributed by atoms with Gasteiger partial charge in [0.15, 0.2) is 0 Å². The fourth-order valence-corrected chi connectivity index (χ4v) is 7.52. The van der Waals surface area contributed by atoms with Crippen LogP contribution in [0.4, 0.5) is 0 Å². The highest BCUT2D eigenvalue weighted by Crippen LogP contribution is 2.56. The van der Waals surface area contributed by atoms with Gasteiger partial charge >= 0.3 is 0 Å². The smallest absolute Gasteiger partial charge is 0.136 e. The lowest BCUT2D eigenvalue weighted by Crippen LogP contribution is -2.71. The molecule has 1 aromatic carbocycles. The summed E-state index contributed by atoms with van der Waals surface area (Å²) < 4.78 is 2.09. The minimum absolute atomic E-state index is 0.173. The number of hydrogen-bond acceptors (Lipinski definition) is 5. The fraction of sp³-hybridized carbons (Fsp3) is 0.552. The molecule has 7 rings (SSSR count). The van der Waals surface area contributed by atoms with E-state index >= 15 is 0 Å². The van der Waals surface area contributed by atoms with E-state index in [0.29, 0.717) is 5.75 Å². The molecule has 2 aliphatic heterocycles. The lowest BCUT2D eigenvalue weighted by molar-refractivity contribution is -0.149. The molecule has 1 saturated carbocycles. The number of aromatic nitrogens is 2. The topological polar surface area (TPSA) is 64.2 Å². The van der Waals surface area contributed by atoms with Gasteiger partial charge in [-0.3, -0.25) is 4.90 Å². The molecule has 4 aliphatic rings. The van der Waals surface area contributed by atoms with Crippen molar-refractivity contribution in [2.24, 2.45) is 5.92 Å². The van der Waals surface area contributed by atoms with Crippen molar-refractivity contribution in [3.05, 3.63) is 65.6 Å². The molecule has 0 amide bonds.